The van der Waals surface area contributed by atoms with E-state index in [1.165, 1.54) is 0 Å². The molecule has 0 aromatic heterocycles. The number of fused-ring (bicyclic) bond motifs is 4. The summed E-state index contributed by atoms with van der Waals surface area (Å²) in [6.07, 6.45) is 3.79. The number of carboxylic acid groups (broad SMARTS) is 2. The second kappa shape index (κ2) is 4.44. The van der Waals surface area contributed by atoms with Crippen LogP contribution in [0.25, 0.3) is 16.8 Å². The molecule has 0 radical (unpaired) electrons. The molecule has 1 fully saturated rings. The van der Waals surface area contributed by atoms with Crippen LogP contribution < -0.4 is 0 Å². The van der Waals surface area contributed by atoms with Gasteiger partial charge < -0.3 is 10.2 Å². The molecule has 0 spiro atoms. The number of aliphatic carboxylic acids is 2. The molecule has 0 heterocycles. The first kappa shape index (κ1) is 13.1. The number of carboxylic acids is 2. The van der Waals surface area contributed by atoms with Gasteiger partial charge in [-0.05, 0) is 33.9 Å². The van der Waals surface area contributed by atoms with E-state index >= 15 is 0 Å². The molecular formula is C18H14O4. The predicted octanol–water partition coefficient (Wildman–Crippen LogP) is 2.98. The highest BCUT2D eigenvalue weighted by Crippen LogP contribution is 2.56. The molecule has 4 unspecified atom stereocenters. The molecule has 110 valence electrons. The highest BCUT2D eigenvalue weighted by atomic mass is 16.4. The first-order valence-corrected chi connectivity index (χ1v) is 7.24. The van der Waals surface area contributed by atoms with E-state index in [1.54, 1.807) is 0 Å². The Hall–Kier alpha value is -2.62. The van der Waals surface area contributed by atoms with Crippen LogP contribution in [0.3, 0.4) is 0 Å². The monoisotopic (exact) mass is 294 g/mol. The van der Waals surface area contributed by atoms with Gasteiger partial charge in [-0.3, -0.25) is 9.59 Å². The molecule has 22 heavy (non-hydrogen) atoms. The minimum atomic E-state index is -1.03. The zero-order valence-corrected chi connectivity index (χ0v) is 11.6. The lowest BCUT2D eigenvalue weighted by Crippen LogP contribution is -2.52. The quantitative estimate of drug-likeness (QED) is 0.893. The van der Waals surface area contributed by atoms with E-state index in [0.717, 1.165) is 21.9 Å². The Balaban J connectivity index is 1.87. The molecule has 1 saturated carbocycles. The maximum absolute atomic E-state index is 11.5. The second-order valence-electron chi connectivity index (χ2n) is 6.02. The molecule has 0 saturated heterocycles. The van der Waals surface area contributed by atoms with E-state index in [1.807, 2.05) is 48.6 Å². The van der Waals surface area contributed by atoms with Crippen LogP contribution in [0.1, 0.15) is 17.0 Å². The van der Waals surface area contributed by atoms with E-state index < -0.39 is 23.8 Å². The van der Waals surface area contributed by atoms with E-state index in [2.05, 4.69) is 0 Å². The van der Waals surface area contributed by atoms with Crippen LogP contribution in [0.2, 0.25) is 0 Å². The number of benzene rings is 2. The van der Waals surface area contributed by atoms with Gasteiger partial charge in [-0.25, -0.2) is 0 Å². The van der Waals surface area contributed by atoms with Crippen molar-refractivity contribution in [1.29, 1.82) is 0 Å². The Bertz CT molecular complexity index is 836. The highest BCUT2D eigenvalue weighted by Gasteiger charge is 2.58. The van der Waals surface area contributed by atoms with Gasteiger partial charge in [-0.1, -0.05) is 42.5 Å². The van der Waals surface area contributed by atoms with Crippen molar-refractivity contribution in [3.8, 4) is 0 Å². The van der Waals surface area contributed by atoms with Gasteiger partial charge in [0.1, 0.15) is 0 Å². The van der Waals surface area contributed by atoms with Crippen molar-refractivity contribution in [1.82, 2.24) is 0 Å². The topological polar surface area (TPSA) is 74.6 Å². The summed E-state index contributed by atoms with van der Waals surface area (Å²) >= 11 is 0. The molecule has 0 bridgehead atoms. The van der Waals surface area contributed by atoms with Crippen LogP contribution in [0.4, 0.5) is 0 Å². The third-order valence-corrected chi connectivity index (χ3v) is 4.98. The van der Waals surface area contributed by atoms with E-state index in [0.29, 0.717) is 0 Å². The average molecular weight is 294 g/mol. The van der Waals surface area contributed by atoms with Crippen LogP contribution >= 0.6 is 0 Å². The Morgan fingerprint density at radius 2 is 1.55 bits per heavy atom. The van der Waals surface area contributed by atoms with Gasteiger partial charge in [0.2, 0.25) is 0 Å². The van der Waals surface area contributed by atoms with Gasteiger partial charge in [0.25, 0.3) is 0 Å². The first-order valence-electron chi connectivity index (χ1n) is 7.24. The summed E-state index contributed by atoms with van der Waals surface area (Å²) in [7, 11) is 0. The third kappa shape index (κ3) is 1.64. The van der Waals surface area contributed by atoms with Crippen molar-refractivity contribution in [3.05, 3.63) is 53.6 Å². The second-order valence-corrected chi connectivity index (χ2v) is 6.02. The van der Waals surface area contributed by atoms with Gasteiger partial charge in [-0.15, -0.1) is 0 Å². The van der Waals surface area contributed by atoms with Crippen LogP contribution in [0.15, 0.2) is 42.5 Å². The van der Waals surface area contributed by atoms with Crippen molar-refractivity contribution < 1.29 is 19.8 Å². The Labute approximate surface area is 126 Å². The maximum atomic E-state index is 11.5. The summed E-state index contributed by atoms with van der Waals surface area (Å²) in [5, 5.41) is 20.9. The largest absolute Gasteiger partial charge is 0.481 e. The number of hydrogen-bond acceptors (Lipinski definition) is 2. The number of carbonyl (C=O) groups is 2. The molecule has 2 aromatic carbocycles. The summed E-state index contributed by atoms with van der Waals surface area (Å²) in [6.45, 7) is 0. The summed E-state index contributed by atoms with van der Waals surface area (Å²) < 4.78 is 0. The lowest BCUT2D eigenvalue weighted by Gasteiger charge is -2.49. The zero-order valence-electron chi connectivity index (χ0n) is 11.6. The van der Waals surface area contributed by atoms with Crippen molar-refractivity contribution in [3.63, 3.8) is 0 Å². The summed E-state index contributed by atoms with van der Waals surface area (Å²) in [5.41, 5.74) is 1.95. The van der Waals surface area contributed by atoms with E-state index in [9.17, 15) is 19.8 Å². The Morgan fingerprint density at radius 3 is 2.18 bits per heavy atom. The van der Waals surface area contributed by atoms with Crippen LogP contribution in [-0.4, -0.2) is 22.2 Å². The molecule has 2 aliphatic carbocycles. The lowest BCUT2D eigenvalue weighted by molar-refractivity contribution is -0.166. The molecule has 4 nitrogen and oxygen atoms in total. The van der Waals surface area contributed by atoms with Crippen LogP contribution in [-0.2, 0) is 9.59 Å². The van der Waals surface area contributed by atoms with Gasteiger partial charge >= 0.3 is 11.9 Å². The molecule has 4 atom stereocenters. The van der Waals surface area contributed by atoms with Crippen molar-refractivity contribution >= 4 is 28.8 Å². The maximum Gasteiger partial charge on any atom is 0.308 e. The Kier molecular flexibility index (Phi) is 2.64. The van der Waals surface area contributed by atoms with Crippen molar-refractivity contribution in [2.24, 2.45) is 17.8 Å². The van der Waals surface area contributed by atoms with Crippen molar-refractivity contribution in [2.45, 2.75) is 5.92 Å². The fraction of sp³-hybridized carbons (Fsp3) is 0.222. The molecule has 4 heteroatoms. The van der Waals surface area contributed by atoms with Crippen LogP contribution in [0.5, 0.6) is 0 Å². The minimum Gasteiger partial charge on any atom is -0.481 e. The molecule has 0 amide bonds. The molecule has 4 rings (SSSR count). The van der Waals surface area contributed by atoms with Gasteiger partial charge in [-0.2, -0.15) is 0 Å². The normalized spacial score (nSPS) is 28.5. The van der Waals surface area contributed by atoms with E-state index in [4.69, 9.17) is 0 Å². The highest BCUT2D eigenvalue weighted by molar-refractivity contribution is 5.90. The third-order valence-electron chi connectivity index (χ3n) is 4.98. The van der Waals surface area contributed by atoms with Gasteiger partial charge in [0.05, 0.1) is 11.8 Å². The lowest BCUT2D eigenvalue weighted by atomic mass is 9.52. The zero-order chi connectivity index (χ0) is 15.4. The number of hydrogen-bond donors (Lipinski definition) is 2. The van der Waals surface area contributed by atoms with Crippen LogP contribution in [0, 0.1) is 17.8 Å². The predicted molar refractivity (Wildman–Crippen MR) is 81.5 cm³/mol. The van der Waals surface area contributed by atoms with E-state index in [-0.39, 0.29) is 11.8 Å². The minimum absolute atomic E-state index is 0.229. The number of rotatable bonds is 2. The standard InChI is InChI=1S/C18H14O4/c19-17(20)15-12-6-5-11-7-9-3-1-2-4-10(9)8-13(11)14(12)16(15)18(21)22/h1-8,12,14-16H,(H,19,20)(H,21,22). The summed E-state index contributed by atoms with van der Waals surface area (Å²) in [4.78, 5) is 22.9. The number of allylic oxidation sites excluding steroid dienone is 1. The average Bonchev–Trinajstić information content (AvgIpc) is 2.44. The van der Waals surface area contributed by atoms with Gasteiger partial charge in [0, 0.05) is 5.92 Å². The first-order chi connectivity index (χ1) is 10.6. The molecule has 2 aromatic rings. The molecule has 2 aliphatic rings. The SMILES string of the molecule is O=C(O)C1C2C=Cc3cc4ccccc4cc3C2C1C(=O)O. The summed E-state index contributed by atoms with van der Waals surface area (Å²) in [6, 6.07) is 12.0. The van der Waals surface area contributed by atoms with Crippen molar-refractivity contribution in [2.75, 3.05) is 0 Å². The summed E-state index contributed by atoms with van der Waals surface area (Å²) in [5.74, 6) is -4.22. The Morgan fingerprint density at radius 1 is 0.909 bits per heavy atom. The fourth-order valence-corrected chi connectivity index (χ4v) is 3.97. The smallest absolute Gasteiger partial charge is 0.308 e. The molecule has 0 aliphatic heterocycles. The van der Waals surface area contributed by atoms with Gasteiger partial charge in [0.15, 0.2) is 0 Å². The molecule has 2 N–H and O–H groups in total. The molecular weight excluding hydrogens is 280 g/mol. The fourth-order valence-electron chi connectivity index (χ4n) is 3.97.